The lowest BCUT2D eigenvalue weighted by Crippen LogP contribution is -2.45. The van der Waals surface area contributed by atoms with Crippen LogP contribution in [0.1, 0.15) is 42.6 Å². The largest absolute Gasteiger partial charge is 0.465 e. The topological polar surface area (TPSA) is 165 Å². The molecular weight excluding hydrogens is 481 g/mol. The number of anilines is 1. The normalized spacial score (nSPS) is 17.9. The number of fused-ring (bicyclic) bond motifs is 1. The Morgan fingerprint density at radius 2 is 2.05 bits per heavy atom. The minimum atomic E-state index is -1.66. The van der Waals surface area contributed by atoms with Crippen molar-refractivity contribution in [3.8, 4) is 17.5 Å². The summed E-state index contributed by atoms with van der Waals surface area (Å²) in [5.74, 6) is -0.348. The summed E-state index contributed by atoms with van der Waals surface area (Å²) in [6.45, 7) is 2.78. The number of carbonyl (C=O) groups excluding carboxylic acids is 1. The second-order valence-electron chi connectivity index (χ2n) is 9.72. The molecule has 0 saturated heterocycles. The fraction of sp³-hybridized carbons (Fsp3) is 0.400. The van der Waals surface area contributed by atoms with Crippen molar-refractivity contribution in [2.75, 3.05) is 18.4 Å². The van der Waals surface area contributed by atoms with Crippen LogP contribution in [0.25, 0.3) is 16.9 Å². The van der Waals surface area contributed by atoms with Gasteiger partial charge in [-0.1, -0.05) is 0 Å². The smallest absolute Gasteiger partial charge is 0.404 e. The summed E-state index contributed by atoms with van der Waals surface area (Å²) in [6, 6.07) is 8.97. The van der Waals surface area contributed by atoms with Crippen molar-refractivity contribution in [3.05, 3.63) is 47.8 Å². The van der Waals surface area contributed by atoms with Crippen LogP contribution in [0.15, 0.2) is 36.7 Å². The van der Waals surface area contributed by atoms with E-state index in [0.29, 0.717) is 47.5 Å². The molecule has 2 amide bonds. The highest BCUT2D eigenvalue weighted by molar-refractivity contribution is 6.00. The Labute approximate surface area is 212 Å². The first-order valence-corrected chi connectivity index (χ1v) is 11.8. The first-order chi connectivity index (χ1) is 17.5. The highest BCUT2D eigenvalue weighted by Gasteiger charge is 2.31. The van der Waals surface area contributed by atoms with E-state index in [0.717, 1.165) is 0 Å². The number of pyridine rings is 1. The molecule has 1 fully saturated rings. The molecule has 1 saturated carbocycles. The lowest BCUT2D eigenvalue weighted by Gasteiger charge is -2.35. The maximum absolute atomic E-state index is 14.2. The van der Waals surface area contributed by atoms with Crippen LogP contribution in [0.2, 0.25) is 0 Å². The molecule has 0 aliphatic heterocycles. The van der Waals surface area contributed by atoms with Gasteiger partial charge in [-0.2, -0.15) is 10.4 Å². The summed E-state index contributed by atoms with van der Waals surface area (Å²) < 4.78 is 15.8. The van der Waals surface area contributed by atoms with E-state index in [4.69, 9.17) is 10.4 Å². The highest BCUT2D eigenvalue weighted by Crippen LogP contribution is 2.30. The predicted octanol–water partition coefficient (Wildman–Crippen LogP) is 2.56. The number of carboxylic acid groups (broad SMARTS) is 1. The second kappa shape index (κ2) is 10.4. The van der Waals surface area contributed by atoms with Gasteiger partial charge in [0.15, 0.2) is 0 Å². The molecule has 3 heterocycles. The molecule has 5 N–H and O–H groups in total. The number of amides is 2. The predicted molar refractivity (Wildman–Crippen MR) is 133 cm³/mol. The van der Waals surface area contributed by atoms with E-state index < -0.39 is 23.8 Å². The number of hydrogen-bond donors (Lipinski definition) is 5. The zero-order valence-corrected chi connectivity index (χ0v) is 20.4. The summed E-state index contributed by atoms with van der Waals surface area (Å²) in [5, 5.41) is 40.3. The molecule has 1 aliphatic rings. The van der Waals surface area contributed by atoms with Crippen LogP contribution < -0.4 is 16.0 Å². The number of halogens is 1. The quantitative estimate of drug-likeness (QED) is 0.294. The maximum Gasteiger partial charge on any atom is 0.404 e. The van der Waals surface area contributed by atoms with Crippen LogP contribution in [0, 0.1) is 17.2 Å². The van der Waals surface area contributed by atoms with Gasteiger partial charge in [-0.15, -0.1) is 0 Å². The number of aliphatic hydroxyl groups is 1. The number of carbonyl (C=O) groups is 2. The Hall–Kier alpha value is -4.24. The Kier molecular flexibility index (Phi) is 7.26. The van der Waals surface area contributed by atoms with Crippen LogP contribution in [0.4, 0.5) is 14.9 Å². The Bertz CT molecular complexity index is 1360. The standard InChI is InChI=1S/C25H28FN7O4/c1-25(2,37)22(26)13-30-23(34)18-12-29-20(21-4-3-17-7-15(9-27)11-31-33(17)21)8-19(18)28-10-14-5-16(6-14)32-24(35)36/h3-4,7-8,11-12,14,16,22,32,37H,5-6,10,13H2,1-2H3,(H,28,29)(H,30,34)(H,35,36). The van der Waals surface area contributed by atoms with E-state index in [1.807, 2.05) is 0 Å². The lowest BCUT2D eigenvalue weighted by molar-refractivity contribution is -0.00178. The van der Waals surface area contributed by atoms with Crippen molar-refractivity contribution in [2.45, 2.75) is 44.5 Å². The molecule has 1 atom stereocenters. The van der Waals surface area contributed by atoms with E-state index in [2.05, 4.69) is 32.1 Å². The minimum absolute atomic E-state index is 0.0974. The summed E-state index contributed by atoms with van der Waals surface area (Å²) in [4.78, 5) is 28.2. The van der Waals surface area contributed by atoms with Crippen LogP contribution in [0.5, 0.6) is 0 Å². The average Bonchev–Trinajstić information content (AvgIpc) is 3.25. The van der Waals surface area contributed by atoms with Crippen LogP contribution in [0.3, 0.4) is 0 Å². The molecule has 3 aromatic rings. The fourth-order valence-corrected chi connectivity index (χ4v) is 4.15. The third-order valence-electron chi connectivity index (χ3n) is 6.39. The van der Waals surface area contributed by atoms with Gasteiger partial charge in [0.1, 0.15) is 12.2 Å². The molecular formula is C25H28FN7O4. The fourth-order valence-electron chi connectivity index (χ4n) is 4.15. The molecule has 1 aliphatic carbocycles. The average molecular weight is 510 g/mol. The van der Waals surface area contributed by atoms with Crippen LogP contribution in [-0.4, -0.2) is 67.7 Å². The number of rotatable bonds is 9. The van der Waals surface area contributed by atoms with Gasteiger partial charge >= 0.3 is 6.09 Å². The van der Waals surface area contributed by atoms with Crippen LogP contribution in [-0.2, 0) is 0 Å². The Balaban J connectivity index is 1.57. The molecule has 4 rings (SSSR count). The SMILES string of the molecule is CC(C)(O)C(F)CNC(=O)c1cnc(-c2ccc3cc(C#N)cnn23)cc1NCC1CC(NC(=O)O)C1. The van der Waals surface area contributed by atoms with Crippen molar-refractivity contribution >= 4 is 23.2 Å². The molecule has 194 valence electrons. The van der Waals surface area contributed by atoms with Crippen molar-refractivity contribution < 1.29 is 24.2 Å². The third kappa shape index (κ3) is 5.95. The zero-order valence-electron chi connectivity index (χ0n) is 20.4. The molecule has 3 aromatic heterocycles. The van der Waals surface area contributed by atoms with Gasteiger partial charge in [-0.05, 0) is 56.9 Å². The Morgan fingerprint density at radius 3 is 2.73 bits per heavy atom. The van der Waals surface area contributed by atoms with Gasteiger partial charge in [0.05, 0.1) is 52.1 Å². The number of nitrogens with one attached hydrogen (secondary N) is 3. The Morgan fingerprint density at radius 1 is 1.30 bits per heavy atom. The summed E-state index contributed by atoms with van der Waals surface area (Å²) in [7, 11) is 0. The summed E-state index contributed by atoms with van der Waals surface area (Å²) in [5.41, 5.74) is 1.37. The number of nitriles is 1. The first-order valence-electron chi connectivity index (χ1n) is 11.8. The molecule has 37 heavy (non-hydrogen) atoms. The molecule has 1 unspecified atom stereocenters. The molecule has 12 heteroatoms. The first kappa shape index (κ1) is 25.8. The van der Waals surface area contributed by atoms with Gasteiger partial charge in [0.25, 0.3) is 5.91 Å². The number of hydrogen-bond acceptors (Lipinski definition) is 7. The molecule has 0 bridgehead atoms. The summed E-state index contributed by atoms with van der Waals surface area (Å²) >= 11 is 0. The van der Waals surface area contributed by atoms with Crippen molar-refractivity contribution in [1.82, 2.24) is 25.2 Å². The molecule has 11 nitrogen and oxygen atoms in total. The minimum Gasteiger partial charge on any atom is -0.465 e. The monoisotopic (exact) mass is 509 g/mol. The molecule has 0 aromatic carbocycles. The zero-order chi connectivity index (χ0) is 26.7. The number of aromatic nitrogens is 3. The van der Waals surface area contributed by atoms with Gasteiger partial charge in [-0.25, -0.2) is 13.7 Å². The molecule has 0 spiro atoms. The molecule has 0 radical (unpaired) electrons. The summed E-state index contributed by atoms with van der Waals surface area (Å²) in [6.07, 6.45) is 1.46. The number of alkyl halides is 1. The van der Waals surface area contributed by atoms with Crippen LogP contribution >= 0.6 is 0 Å². The van der Waals surface area contributed by atoms with Crippen molar-refractivity contribution in [2.24, 2.45) is 5.92 Å². The van der Waals surface area contributed by atoms with Gasteiger partial charge in [0.2, 0.25) is 0 Å². The van der Waals surface area contributed by atoms with Gasteiger partial charge < -0.3 is 26.2 Å². The van der Waals surface area contributed by atoms with E-state index in [1.54, 1.807) is 28.8 Å². The second-order valence-corrected chi connectivity index (χ2v) is 9.72. The van der Waals surface area contributed by atoms with E-state index in [-0.39, 0.29) is 24.1 Å². The van der Waals surface area contributed by atoms with E-state index in [1.165, 1.54) is 26.2 Å². The van der Waals surface area contributed by atoms with E-state index >= 15 is 0 Å². The number of nitrogens with zero attached hydrogens (tertiary/aromatic N) is 4. The lowest BCUT2D eigenvalue weighted by atomic mass is 9.80. The van der Waals surface area contributed by atoms with Gasteiger partial charge in [-0.3, -0.25) is 9.78 Å². The van der Waals surface area contributed by atoms with Crippen molar-refractivity contribution in [1.29, 1.82) is 5.26 Å². The van der Waals surface area contributed by atoms with Crippen molar-refractivity contribution in [3.63, 3.8) is 0 Å². The third-order valence-corrected chi connectivity index (χ3v) is 6.39. The van der Waals surface area contributed by atoms with Gasteiger partial charge in [0, 0.05) is 18.8 Å². The maximum atomic E-state index is 14.2. The highest BCUT2D eigenvalue weighted by atomic mass is 19.1. The van der Waals surface area contributed by atoms with E-state index in [9.17, 15) is 19.1 Å².